The Morgan fingerprint density at radius 3 is 2.75 bits per heavy atom. The molecule has 3 aromatic rings. The molecule has 4 rings (SSSR count). The van der Waals surface area contributed by atoms with Gasteiger partial charge in [-0.05, 0) is 53.7 Å². The number of rotatable bonds is 4. The van der Waals surface area contributed by atoms with Gasteiger partial charge in [0.15, 0.2) is 6.61 Å². The van der Waals surface area contributed by atoms with Gasteiger partial charge in [0, 0.05) is 12.5 Å². The van der Waals surface area contributed by atoms with Crippen LogP contribution in [-0.2, 0) is 9.59 Å². The molecule has 142 valence electrons. The number of aromatic nitrogens is 4. The lowest BCUT2D eigenvalue weighted by Crippen LogP contribution is -2.41. The average Bonchev–Trinajstić information content (AvgIpc) is 3.19. The highest BCUT2D eigenvalue weighted by atomic mass is 16.5. The first-order chi connectivity index (χ1) is 13.6. The fourth-order valence-corrected chi connectivity index (χ4v) is 3.16. The zero-order valence-electron chi connectivity index (χ0n) is 15.1. The molecule has 2 amide bonds. The third kappa shape index (κ3) is 3.54. The van der Waals surface area contributed by atoms with E-state index in [1.807, 2.05) is 25.1 Å². The van der Waals surface area contributed by atoms with Crippen molar-refractivity contribution in [1.82, 2.24) is 20.2 Å². The van der Waals surface area contributed by atoms with Crippen molar-refractivity contribution in [2.75, 3.05) is 16.8 Å². The summed E-state index contributed by atoms with van der Waals surface area (Å²) >= 11 is 0. The van der Waals surface area contributed by atoms with Crippen LogP contribution >= 0.6 is 0 Å². The molecule has 0 spiro atoms. The summed E-state index contributed by atoms with van der Waals surface area (Å²) in [6, 6.07) is 14.1. The quantitative estimate of drug-likeness (QED) is 0.743. The molecule has 28 heavy (non-hydrogen) atoms. The first-order valence-corrected chi connectivity index (χ1v) is 8.79. The van der Waals surface area contributed by atoms with Crippen molar-refractivity contribution in [2.45, 2.75) is 19.4 Å². The van der Waals surface area contributed by atoms with E-state index in [1.54, 1.807) is 35.2 Å². The number of benzene rings is 2. The zero-order valence-corrected chi connectivity index (χ0v) is 15.1. The summed E-state index contributed by atoms with van der Waals surface area (Å²) in [5.41, 5.74) is 2.07. The van der Waals surface area contributed by atoms with Crippen LogP contribution in [-0.4, -0.2) is 44.7 Å². The van der Waals surface area contributed by atoms with Gasteiger partial charge in [0.1, 0.15) is 12.1 Å². The maximum atomic E-state index is 12.9. The van der Waals surface area contributed by atoms with Crippen LogP contribution in [0.15, 0.2) is 54.9 Å². The van der Waals surface area contributed by atoms with E-state index in [2.05, 4.69) is 20.8 Å². The van der Waals surface area contributed by atoms with Gasteiger partial charge in [-0.25, -0.2) is 4.68 Å². The fraction of sp³-hybridized carbons (Fsp3) is 0.211. The highest BCUT2D eigenvalue weighted by Crippen LogP contribution is 2.31. The van der Waals surface area contributed by atoms with Gasteiger partial charge in [-0.15, -0.1) is 5.10 Å². The van der Waals surface area contributed by atoms with Gasteiger partial charge in [-0.2, -0.15) is 0 Å². The standard InChI is InChI=1S/C19H18N6O3/c1-13-10-18(26)21-16-4-2-3-5-17(16)25(13)19(27)11-28-15-8-6-14(7-9-15)24-12-20-22-23-24/h2-9,12-13H,10-11H2,1H3,(H,21,26). The van der Waals surface area contributed by atoms with Crippen LogP contribution in [0.4, 0.5) is 11.4 Å². The summed E-state index contributed by atoms with van der Waals surface area (Å²) < 4.78 is 7.19. The van der Waals surface area contributed by atoms with Crippen molar-refractivity contribution in [3.8, 4) is 11.4 Å². The predicted octanol–water partition coefficient (Wildman–Crippen LogP) is 1.80. The molecule has 2 aromatic carbocycles. The molecular weight excluding hydrogens is 360 g/mol. The lowest BCUT2D eigenvalue weighted by atomic mass is 10.1. The summed E-state index contributed by atoms with van der Waals surface area (Å²) in [6.07, 6.45) is 1.72. The smallest absolute Gasteiger partial charge is 0.265 e. The number of hydrogen-bond acceptors (Lipinski definition) is 6. The van der Waals surface area contributed by atoms with E-state index >= 15 is 0 Å². The van der Waals surface area contributed by atoms with Crippen molar-refractivity contribution >= 4 is 23.2 Å². The van der Waals surface area contributed by atoms with E-state index in [0.29, 0.717) is 17.1 Å². The van der Waals surface area contributed by atoms with Crippen LogP contribution in [0.1, 0.15) is 13.3 Å². The second kappa shape index (κ2) is 7.47. The Morgan fingerprint density at radius 2 is 2.00 bits per heavy atom. The minimum Gasteiger partial charge on any atom is -0.484 e. The van der Waals surface area contributed by atoms with Crippen molar-refractivity contribution in [1.29, 1.82) is 0 Å². The molecule has 2 heterocycles. The number of ether oxygens (including phenoxy) is 1. The van der Waals surface area contributed by atoms with Gasteiger partial charge in [0.2, 0.25) is 5.91 Å². The Balaban J connectivity index is 1.48. The Labute approximate surface area is 160 Å². The van der Waals surface area contributed by atoms with E-state index in [4.69, 9.17) is 4.74 Å². The molecule has 1 aliphatic rings. The van der Waals surface area contributed by atoms with Crippen LogP contribution in [0, 0.1) is 0 Å². The number of amides is 2. The SMILES string of the molecule is CC1CC(=O)Nc2ccccc2N1C(=O)COc1ccc(-n2cnnn2)cc1. The highest BCUT2D eigenvalue weighted by Gasteiger charge is 2.29. The van der Waals surface area contributed by atoms with Crippen LogP contribution in [0.3, 0.4) is 0 Å². The molecule has 1 aliphatic heterocycles. The maximum Gasteiger partial charge on any atom is 0.265 e. The number of nitrogens with one attached hydrogen (secondary N) is 1. The molecule has 1 atom stereocenters. The van der Waals surface area contributed by atoms with Gasteiger partial charge in [-0.3, -0.25) is 9.59 Å². The molecule has 0 radical (unpaired) electrons. The Hall–Kier alpha value is -3.75. The Bertz CT molecular complexity index is 987. The number of para-hydroxylation sites is 2. The van der Waals surface area contributed by atoms with Gasteiger partial charge in [0.25, 0.3) is 5.91 Å². The molecule has 1 unspecified atom stereocenters. The third-order valence-electron chi connectivity index (χ3n) is 4.44. The Kier molecular flexibility index (Phi) is 4.71. The van der Waals surface area contributed by atoms with E-state index in [0.717, 1.165) is 5.69 Å². The van der Waals surface area contributed by atoms with Gasteiger partial charge in [-0.1, -0.05) is 12.1 Å². The van der Waals surface area contributed by atoms with Crippen LogP contribution in [0.5, 0.6) is 5.75 Å². The normalized spacial score (nSPS) is 16.1. The number of fused-ring (bicyclic) bond motifs is 1. The number of hydrogen-bond donors (Lipinski definition) is 1. The van der Waals surface area contributed by atoms with Crippen molar-refractivity contribution in [2.24, 2.45) is 0 Å². The predicted molar refractivity (Wildman–Crippen MR) is 101 cm³/mol. The molecular formula is C19H18N6O3. The molecule has 0 saturated heterocycles. The zero-order chi connectivity index (χ0) is 19.5. The van der Waals surface area contributed by atoms with E-state index in [1.165, 1.54) is 11.0 Å². The van der Waals surface area contributed by atoms with Gasteiger partial charge < -0.3 is 15.0 Å². The van der Waals surface area contributed by atoms with Gasteiger partial charge >= 0.3 is 0 Å². The molecule has 0 aliphatic carbocycles. The van der Waals surface area contributed by atoms with E-state index in [-0.39, 0.29) is 30.9 Å². The minimum absolute atomic E-state index is 0.116. The average molecular weight is 378 g/mol. The third-order valence-corrected chi connectivity index (χ3v) is 4.44. The highest BCUT2D eigenvalue weighted by molar-refractivity contribution is 6.04. The Morgan fingerprint density at radius 1 is 1.21 bits per heavy atom. The molecule has 0 saturated carbocycles. The van der Waals surface area contributed by atoms with E-state index in [9.17, 15) is 9.59 Å². The van der Waals surface area contributed by atoms with Crippen molar-refractivity contribution < 1.29 is 14.3 Å². The molecule has 1 N–H and O–H groups in total. The molecule has 0 bridgehead atoms. The molecule has 9 nitrogen and oxygen atoms in total. The fourth-order valence-electron chi connectivity index (χ4n) is 3.16. The first-order valence-electron chi connectivity index (χ1n) is 8.79. The monoisotopic (exact) mass is 378 g/mol. The lowest BCUT2D eigenvalue weighted by Gasteiger charge is -2.27. The topological polar surface area (TPSA) is 102 Å². The second-order valence-corrected chi connectivity index (χ2v) is 6.42. The summed E-state index contributed by atoms with van der Waals surface area (Å²) in [6.45, 7) is 1.71. The summed E-state index contributed by atoms with van der Waals surface area (Å²) in [5, 5.41) is 13.8. The number of nitrogens with zero attached hydrogens (tertiary/aromatic N) is 5. The van der Waals surface area contributed by atoms with E-state index < -0.39 is 0 Å². The largest absolute Gasteiger partial charge is 0.484 e. The second-order valence-electron chi connectivity index (χ2n) is 6.42. The van der Waals surface area contributed by atoms with Crippen LogP contribution in [0.25, 0.3) is 5.69 Å². The van der Waals surface area contributed by atoms with Crippen LogP contribution < -0.4 is 15.0 Å². The number of anilines is 2. The lowest BCUT2D eigenvalue weighted by molar-refractivity contribution is -0.121. The summed E-state index contributed by atoms with van der Waals surface area (Å²) in [7, 11) is 0. The summed E-state index contributed by atoms with van der Waals surface area (Å²) in [5.74, 6) is 0.213. The molecule has 0 fully saturated rings. The van der Waals surface area contributed by atoms with Crippen LogP contribution in [0.2, 0.25) is 0 Å². The minimum atomic E-state index is -0.276. The van der Waals surface area contributed by atoms with Gasteiger partial charge in [0.05, 0.1) is 17.1 Å². The maximum absolute atomic E-state index is 12.9. The number of carbonyl (C=O) groups excluding carboxylic acids is 2. The molecule has 1 aromatic heterocycles. The molecule has 9 heteroatoms. The number of carbonyl (C=O) groups is 2. The van der Waals surface area contributed by atoms with Crippen molar-refractivity contribution in [3.05, 3.63) is 54.9 Å². The summed E-state index contributed by atoms with van der Waals surface area (Å²) in [4.78, 5) is 26.5. The van der Waals surface area contributed by atoms with Crippen molar-refractivity contribution in [3.63, 3.8) is 0 Å². The number of tetrazole rings is 1. The first kappa shape index (κ1) is 17.7.